The minimum Gasteiger partial charge on any atom is -0.469 e. The molecule has 2 saturated carbocycles. The summed E-state index contributed by atoms with van der Waals surface area (Å²) in [7, 11) is 0. The minimum atomic E-state index is 0. The van der Waals surface area contributed by atoms with Crippen LogP contribution in [0.3, 0.4) is 0 Å². The number of nitrogens with zero attached hydrogens (tertiary/aromatic N) is 2. The van der Waals surface area contributed by atoms with Gasteiger partial charge in [-0.1, -0.05) is 6.42 Å². The fraction of sp³-hybridized carbons (Fsp3) is 0.700. The van der Waals surface area contributed by atoms with Crippen LogP contribution in [-0.4, -0.2) is 49.0 Å². The second-order valence-corrected chi connectivity index (χ2v) is 7.93. The number of amides is 1. The molecule has 1 aromatic rings. The molecule has 0 spiro atoms. The van der Waals surface area contributed by atoms with E-state index in [0.717, 1.165) is 62.5 Å². The van der Waals surface area contributed by atoms with Gasteiger partial charge in [0.05, 0.1) is 6.26 Å². The molecule has 2 aliphatic carbocycles. The molecule has 2 bridgehead atoms. The zero-order chi connectivity index (χ0) is 17.8. The molecular formula is C20H31IN4O2. The van der Waals surface area contributed by atoms with Gasteiger partial charge in [0.2, 0.25) is 5.91 Å². The van der Waals surface area contributed by atoms with Gasteiger partial charge in [-0.25, -0.2) is 4.99 Å². The molecule has 7 heteroatoms. The third kappa shape index (κ3) is 5.39. The molecule has 0 aromatic carbocycles. The third-order valence-corrected chi connectivity index (χ3v) is 6.14. The van der Waals surface area contributed by atoms with Gasteiger partial charge in [0.25, 0.3) is 0 Å². The number of fused-ring (bicyclic) bond motifs is 2. The fourth-order valence-electron chi connectivity index (χ4n) is 4.72. The lowest BCUT2D eigenvalue weighted by Gasteiger charge is -2.25. The van der Waals surface area contributed by atoms with E-state index in [1.165, 1.54) is 25.7 Å². The van der Waals surface area contributed by atoms with Crippen LogP contribution in [0.1, 0.15) is 44.3 Å². The van der Waals surface area contributed by atoms with Gasteiger partial charge in [-0.15, -0.1) is 24.0 Å². The monoisotopic (exact) mass is 486 g/mol. The van der Waals surface area contributed by atoms with Crippen LogP contribution in [0.2, 0.25) is 0 Å². The van der Waals surface area contributed by atoms with Crippen LogP contribution in [0, 0.1) is 11.8 Å². The first kappa shape index (κ1) is 20.5. The van der Waals surface area contributed by atoms with Gasteiger partial charge in [0.1, 0.15) is 12.3 Å². The molecule has 2 heterocycles. The van der Waals surface area contributed by atoms with Gasteiger partial charge in [0, 0.05) is 32.1 Å². The molecule has 150 valence electrons. The summed E-state index contributed by atoms with van der Waals surface area (Å²) in [6, 6.07) is 4.40. The number of aliphatic imine (C=N–C) groups is 1. The summed E-state index contributed by atoms with van der Waals surface area (Å²) in [5.41, 5.74) is 0. The lowest BCUT2D eigenvalue weighted by molar-refractivity contribution is -0.128. The maximum Gasteiger partial charge on any atom is 0.244 e. The van der Waals surface area contributed by atoms with Gasteiger partial charge < -0.3 is 20.0 Å². The van der Waals surface area contributed by atoms with E-state index in [1.54, 1.807) is 6.26 Å². The summed E-state index contributed by atoms with van der Waals surface area (Å²) in [6.07, 6.45) is 10.0. The highest BCUT2D eigenvalue weighted by molar-refractivity contribution is 14.0. The van der Waals surface area contributed by atoms with E-state index < -0.39 is 0 Å². The predicted octanol–water partition coefficient (Wildman–Crippen LogP) is 2.79. The van der Waals surface area contributed by atoms with Gasteiger partial charge in [0.15, 0.2) is 5.96 Å². The molecule has 1 aliphatic heterocycles. The van der Waals surface area contributed by atoms with Gasteiger partial charge in [-0.2, -0.15) is 0 Å². The van der Waals surface area contributed by atoms with Crippen molar-refractivity contribution in [1.29, 1.82) is 0 Å². The van der Waals surface area contributed by atoms with E-state index in [4.69, 9.17) is 4.42 Å². The van der Waals surface area contributed by atoms with Crippen LogP contribution >= 0.6 is 24.0 Å². The number of rotatable bonds is 6. The summed E-state index contributed by atoms with van der Waals surface area (Å²) in [6.45, 7) is 2.75. The minimum absolute atomic E-state index is 0. The maximum absolute atomic E-state index is 12.3. The van der Waals surface area contributed by atoms with Crippen molar-refractivity contribution in [2.75, 3.05) is 26.2 Å². The van der Waals surface area contributed by atoms with Crippen molar-refractivity contribution in [2.24, 2.45) is 16.8 Å². The van der Waals surface area contributed by atoms with Gasteiger partial charge in [-0.3, -0.25) is 4.79 Å². The maximum atomic E-state index is 12.3. The van der Waals surface area contributed by atoms with E-state index in [2.05, 4.69) is 15.6 Å². The summed E-state index contributed by atoms with van der Waals surface area (Å²) in [4.78, 5) is 18.9. The molecular weight excluding hydrogens is 455 g/mol. The van der Waals surface area contributed by atoms with Gasteiger partial charge in [-0.05, 0) is 56.1 Å². The quantitative estimate of drug-likeness (QED) is 0.369. The summed E-state index contributed by atoms with van der Waals surface area (Å²) >= 11 is 0. The lowest BCUT2D eigenvalue weighted by Crippen LogP contribution is -2.46. The van der Waals surface area contributed by atoms with Crippen molar-refractivity contribution in [3.05, 3.63) is 24.2 Å². The average molecular weight is 486 g/mol. The summed E-state index contributed by atoms with van der Waals surface area (Å²) in [5, 5.41) is 7.01. The second-order valence-electron chi connectivity index (χ2n) is 7.93. The standard InChI is InChI=1S/C20H30N4O2.HI/c25-19(24-9-1-2-10-24)14-22-20(21-8-7-17-4-3-11-26-17)23-18-13-15-5-6-16(18)12-15;/h3-4,11,15-16,18H,1-2,5-10,12-14H2,(H2,21,22,23);1H. The van der Waals surface area contributed by atoms with Crippen LogP contribution in [0.4, 0.5) is 0 Å². The molecule has 0 radical (unpaired) electrons. The Morgan fingerprint density at radius 2 is 2.11 bits per heavy atom. The summed E-state index contributed by atoms with van der Waals surface area (Å²) in [5.74, 6) is 3.54. The smallest absolute Gasteiger partial charge is 0.244 e. The van der Waals surface area contributed by atoms with E-state index in [9.17, 15) is 4.79 Å². The van der Waals surface area contributed by atoms with E-state index in [1.807, 2.05) is 17.0 Å². The zero-order valence-corrected chi connectivity index (χ0v) is 18.2. The zero-order valence-electron chi connectivity index (χ0n) is 15.9. The Morgan fingerprint density at radius 1 is 1.26 bits per heavy atom. The Bertz CT molecular complexity index is 628. The molecule has 3 aliphatic rings. The highest BCUT2D eigenvalue weighted by atomic mass is 127. The van der Waals surface area contributed by atoms with Crippen molar-refractivity contribution < 1.29 is 9.21 Å². The average Bonchev–Trinajstić information content (AvgIpc) is 3.44. The lowest BCUT2D eigenvalue weighted by atomic mass is 9.95. The highest BCUT2D eigenvalue weighted by Crippen LogP contribution is 2.44. The number of carbonyl (C=O) groups is 1. The molecule has 3 atom stereocenters. The van der Waals surface area contributed by atoms with E-state index in [0.29, 0.717) is 6.04 Å². The van der Waals surface area contributed by atoms with E-state index in [-0.39, 0.29) is 36.4 Å². The highest BCUT2D eigenvalue weighted by Gasteiger charge is 2.39. The first-order valence-electron chi connectivity index (χ1n) is 10.1. The van der Waals surface area contributed by atoms with Crippen LogP contribution < -0.4 is 10.6 Å². The largest absolute Gasteiger partial charge is 0.469 e. The Morgan fingerprint density at radius 3 is 2.78 bits per heavy atom. The number of likely N-dealkylation sites (tertiary alicyclic amines) is 1. The van der Waals surface area contributed by atoms with Crippen molar-refractivity contribution in [2.45, 2.75) is 51.0 Å². The predicted molar refractivity (Wildman–Crippen MR) is 116 cm³/mol. The SMILES string of the molecule is I.O=C(CN=C(NCCc1ccco1)NC1CC2CCC1C2)N1CCCC1. The van der Waals surface area contributed by atoms with Crippen molar-refractivity contribution in [1.82, 2.24) is 15.5 Å². The Balaban J connectivity index is 0.00000210. The number of nitrogens with one attached hydrogen (secondary N) is 2. The number of hydrogen-bond acceptors (Lipinski definition) is 3. The van der Waals surface area contributed by atoms with Crippen LogP contribution in [-0.2, 0) is 11.2 Å². The molecule has 1 amide bonds. The number of furan rings is 1. The Hall–Kier alpha value is -1.25. The number of hydrogen-bond donors (Lipinski definition) is 2. The number of guanidine groups is 1. The molecule has 3 unspecified atom stereocenters. The van der Waals surface area contributed by atoms with Crippen molar-refractivity contribution in [3.63, 3.8) is 0 Å². The topological polar surface area (TPSA) is 69.9 Å². The first-order valence-corrected chi connectivity index (χ1v) is 10.1. The van der Waals surface area contributed by atoms with Gasteiger partial charge >= 0.3 is 0 Å². The molecule has 1 aromatic heterocycles. The van der Waals surface area contributed by atoms with Crippen molar-refractivity contribution >= 4 is 35.8 Å². The third-order valence-electron chi connectivity index (χ3n) is 6.14. The fourth-order valence-corrected chi connectivity index (χ4v) is 4.72. The molecule has 3 fully saturated rings. The normalized spacial score (nSPS) is 26.9. The van der Waals surface area contributed by atoms with E-state index >= 15 is 0 Å². The molecule has 1 saturated heterocycles. The Labute approximate surface area is 178 Å². The number of halogens is 1. The molecule has 6 nitrogen and oxygen atoms in total. The van der Waals surface area contributed by atoms with Crippen molar-refractivity contribution in [3.8, 4) is 0 Å². The first-order chi connectivity index (χ1) is 12.8. The van der Waals surface area contributed by atoms with Crippen LogP contribution in [0.25, 0.3) is 0 Å². The molecule has 27 heavy (non-hydrogen) atoms. The summed E-state index contributed by atoms with van der Waals surface area (Å²) < 4.78 is 5.39. The molecule has 4 rings (SSSR count). The second kappa shape index (κ2) is 9.80. The Kier molecular flexibility index (Phi) is 7.43. The molecule has 2 N–H and O–H groups in total. The van der Waals surface area contributed by atoms with Crippen LogP contribution in [0.15, 0.2) is 27.8 Å². The van der Waals surface area contributed by atoms with Crippen LogP contribution in [0.5, 0.6) is 0 Å². The number of carbonyl (C=O) groups excluding carboxylic acids is 1.